The highest BCUT2D eigenvalue weighted by Crippen LogP contribution is 2.40. The van der Waals surface area contributed by atoms with Crippen LogP contribution in [0.3, 0.4) is 0 Å². The molecule has 250 valence electrons. The highest BCUT2D eigenvalue weighted by atomic mass is 35.5. The van der Waals surface area contributed by atoms with E-state index in [1.807, 2.05) is 0 Å². The molecule has 0 radical (unpaired) electrons. The van der Waals surface area contributed by atoms with Gasteiger partial charge in [-0.25, -0.2) is 17.9 Å². The maximum absolute atomic E-state index is 14.4. The van der Waals surface area contributed by atoms with E-state index in [1.165, 1.54) is 7.11 Å². The zero-order chi connectivity index (χ0) is 33.5. The summed E-state index contributed by atoms with van der Waals surface area (Å²) in [5.74, 6) is -5.54. The summed E-state index contributed by atoms with van der Waals surface area (Å²) in [7, 11) is 1.19. The van der Waals surface area contributed by atoms with Crippen molar-refractivity contribution in [3.63, 3.8) is 0 Å². The molecule has 17 heteroatoms. The molecule has 1 saturated heterocycles. The van der Waals surface area contributed by atoms with Crippen LogP contribution in [-0.4, -0.2) is 86.5 Å². The van der Waals surface area contributed by atoms with Crippen LogP contribution in [0.2, 0.25) is 5.02 Å². The number of nitrogens with zero attached hydrogens (tertiary/aromatic N) is 4. The Morgan fingerprint density at radius 2 is 1.80 bits per heavy atom. The van der Waals surface area contributed by atoms with Gasteiger partial charge in [-0.1, -0.05) is 29.7 Å². The average molecular weight is 679 g/mol. The van der Waals surface area contributed by atoms with Crippen molar-refractivity contribution >= 4 is 23.2 Å². The lowest BCUT2D eigenvalue weighted by Gasteiger charge is -2.46. The Bertz CT molecular complexity index is 1550. The smallest absolute Gasteiger partial charge is 0.394 e. The predicted molar refractivity (Wildman–Crippen MR) is 149 cm³/mol. The van der Waals surface area contributed by atoms with Gasteiger partial charge >= 0.3 is 6.18 Å². The van der Waals surface area contributed by atoms with Crippen LogP contribution in [0.1, 0.15) is 37.3 Å². The van der Waals surface area contributed by atoms with Gasteiger partial charge in [0.2, 0.25) is 0 Å². The second-order valence-corrected chi connectivity index (χ2v) is 11.5. The van der Waals surface area contributed by atoms with E-state index in [1.54, 1.807) is 0 Å². The van der Waals surface area contributed by atoms with Crippen molar-refractivity contribution in [2.75, 3.05) is 18.6 Å². The number of carbonyl (C=O) groups excluding carboxylic acids is 1. The first-order chi connectivity index (χ1) is 21.8. The Morgan fingerprint density at radius 3 is 2.39 bits per heavy atom. The normalized spacial score (nSPS) is 27.1. The monoisotopic (exact) mass is 678 g/mol. The molecule has 2 aromatic carbocycles. The molecule has 2 aliphatic rings. The number of alkyl halides is 3. The summed E-state index contributed by atoms with van der Waals surface area (Å²) in [5.41, 5.74) is -1.54. The summed E-state index contributed by atoms with van der Waals surface area (Å²) in [4.78, 5) is 15.5. The van der Waals surface area contributed by atoms with Crippen LogP contribution in [0, 0.1) is 17.5 Å². The molecule has 10 nitrogen and oxygen atoms in total. The fourth-order valence-electron chi connectivity index (χ4n) is 6.01. The van der Waals surface area contributed by atoms with E-state index in [9.17, 15) is 46.5 Å². The summed E-state index contributed by atoms with van der Waals surface area (Å²) in [6.45, 7) is -0.800. The Kier molecular flexibility index (Phi) is 9.96. The number of aliphatic hydroxyl groups excluding tert-OH is 3. The van der Waals surface area contributed by atoms with Crippen LogP contribution >= 0.6 is 11.6 Å². The van der Waals surface area contributed by atoms with Crippen LogP contribution in [-0.2, 0) is 20.4 Å². The number of carbonyl (C=O) groups is 1. The van der Waals surface area contributed by atoms with Gasteiger partial charge in [0.25, 0.3) is 5.91 Å². The van der Waals surface area contributed by atoms with Crippen LogP contribution in [0.15, 0.2) is 36.5 Å². The van der Waals surface area contributed by atoms with Gasteiger partial charge in [-0.2, -0.15) is 13.2 Å². The van der Waals surface area contributed by atoms with Gasteiger partial charge in [0.1, 0.15) is 30.0 Å². The number of hydrogen-bond donors (Lipinski definition) is 3. The fourth-order valence-corrected chi connectivity index (χ4v) is 6.30. The molecule has 2 fully saturated rings. The Labute approximate surface area is 263 Å². The van der Waals surface area contributed by atoms with Crippen molar-refractivity contribution in [2.24, 2.45) is 0 Å². The second-order valence-electron chi connectivity index (χ2n) is 11.1. The number of aliphatic hydroxyl groups is 3. The first-order valence-electron chi connectivity index (χ1n) is 14.2. The molecule has 2 heterocycles. The molecule has 1 aromatic heterocycles. The Balaban J connectivity index is 1.55. The van der Waals surface area contributed by atoms with Crippen molar-refractivity contribution in [3.05, 3.63) is 64.6 Å². The molecule has 7 atom stereocenters. The maximum Gasteiger partial charge on any atom is 0.417 e. The van der Waals surface area contributed by atoms with Gasteiger partial charge in [-0.3, -0.25) is 4.79 Å². The summed E-state index contributed by atoms with van der Waals surface area (Å²) >= 11 is 6.00. The number of anilines is 1. The fraction of sp³-hybridized carbons (Fsp3) is 0.483. The van der Waals surface area contributed by atoms with Gasteiger partial charge in [-0.15, -0.1) is 5.10 Å². The number of hydrogen-bond acceptors (Lipinski definition) is 8. The summed E-state index contributed by atoms with van der Waals surface area (Å²) < 4.78 is 94.2. The summed E-state index contributed by atoms with van der Waals surface area (Å²) in [6, 6.07) is 1.85. The second kappa shape index (κ2) is 13.4. The maximum atomic E-state index is 14.4. The first-order valence-corrected chi connectivity index (χ1v) is 14.6. The number of rotatable bonds is 7. The third-order valence-corrected chi connectivity index (χ3v) is 8.59. The van der Waals surface area contributed by atoms with E-state index in [0.717, 1.165) is 27.9 Å². The van der Waals surface area contributed by atoms with E-state index >= 15 is 0 Å². The molecule has 1 aliphatic heterocycles. The Hall–Kier alpha value is -3.28. The number of halogens is 7. The zero-order valence-electron chi connectivity index (χ0n) is 24.0. The van der Waals surface area contributed by atoms with Gasteiger partial charge in [0, 0.05) is 18.4 Å². The quantitative estimate of drug-likeness (QED) is 0.252. The molecule has 0 unspecified atom stereocenters. The first kappa shape index (κ1) is 34.1. The molecule has 3 N–H and O–H groups in total. The highest BCUT2D eigenvalue weighted by Gasteiger charge is 2.52. The van der Waals surface area contributed by atoms with Crippen LogP contribution in [0.4, 0.5) is 32.0 Å². The zero-order valence-corrected chi connectivity index (χ0v) is 24.8. The number of methoxy groups -OCH3 is 1. The SMILES string of the molecule is CO[C@@H]1[C@@H](n2cc(-c3cc(F)c(F)c(F)c3)nn2)[C@@H](O)[C@@H](CO)O[C@H]1C(=O)N(c1ccc(C(F)(F)F)c(Cl)c1)[C@H]1CCCC[C@@H]1O. The third kappa shape index (κ3) is 6.46. The van der Waals surface area contributed by atoms with Crippen molar-refractivity contribution in [1.82, 2.24) is 15.0 Å². The molecular weight excluding hydrogens is 650 g/mol. The predicted octanol–water partition coefficient (Wildman–Crippen LogP) is 4.05. The van der Waals surface area contributed by atoms with Gasteiger partial charge in [0.15, 0.2) is 23.6 Å². The molecule has 1 aliphatic carbocycles. The van der Waals surface area contributed by atoms with E-state index < -0.39 is 89.3 Å². The minimum absolute atomic E-state index is 0.0703. The van der Waals surface area contributed by atoms with Gasteiger partial charge in [0.05, 0.1) is 35.5 Å². The molecule has 1 saturated carbocycles. The van der Waals surface area contributed by atoms with Crippen LogP contribution in [0.25, 0.3) is 11.3 Å². The van der Waals surface area contributed by atoms with Crippen molar-refractivity contribution < 1.29 is 55.9 Å². The molecule has 1 amide bonds. The van der Waals surface area contributed by atoms with Crippen molar-refractivity contribution in [1.29, 1.82) is 0 Å². The van der Waals surface area contributed by atoms with Crippen LogP contribution in [0.5, 0.6) is 0 Å². The lowest BCUT2D eigenvalue weighted by atomic mass is 9.88. The van der Waals surface area contributed by atoms with Crippen LogP contribution < -0.4 is 4.90 Å². The third-order valence-electron chi connectivity index (χ3n) is 8.28. The van der Waals surface area contributed by atoms with Crippen molar-refractivity contribution in [2.45, 2.75) is 74.5 Å². The molecular formula is C29H29ClF6N4O6. The largest absolute Gasteiger partial charge is 0.417 e. The highest BCUT2D eigenvalue weighted by molar-refractivity contribution is 6.31. The summed E-state index contributed by atoms with van der Waals surface area (Å²) in [6.07, 6.45) is -8.91. The minimum atomic E-state index is -4.78. The van der Waals surface area contributed by atoms with Gasteiger partial charge < -0.3 is 29.7 Å². The number of aromatic nitrogens is 3. The van der Waals surface area contributed by atoms with E-state index in [4.69, 9.17) is 21.1 Å². The average Bonchev–Trinajstić information content (AvgIpc) is 3.49. The summed E-state index contributed by atoms with van der Waals surface area (Å²) in [5, 5.41) is 39.2. The van der Waals surface area contributed by atoms with E-state index in [0.29, 0.717) is 37.5 Å². The lowest BCUT2D eigenvalue weighted by Crippen LogP contribution is -2.63. The molecule has 46 heavy (non-hydrogen) atoms. The Morgan fingerprint density at radius 1 is 1.13 bits per heavy atom. The van der Waals surface area contributed by atoms with E-state index in [-0.39, 0.29) is 23.4 Å². The standard InChI is InChI=1S/C29H29ClF6N4O6/c1-45-26-24(39-11-19(37-38-39)13-8-17(31)23(33)18(32)9-13)25(43)22(12-41)46-27(26)28(44)40(20-4-2-3-5-21(20)42)14-6-7-15(16(30)10-14)29(34,35)36/h6-11,20-22,24-27,41-43H,2-5,12H2,1H3/t20-,21-,22+,24-,25-,26+,27+/m0/s1. The number of amides is 1. The molecule has 3 aromatic rings. The van der Waals surface area contributed by atoms with Crippen molar-refractivity contribution in [3.8, 4) is 11.3 Å². The number of benzene rings is 2. The van der Waals surface area contributed by atoms with E-state index in [2.05, 4.69) is 10.3 Å². The van der Waals surface area contributed by atoms with Gasteiger partial charge in [-0.05, 0) is 43.2 Å². The molecule has 0 bridgehead atoms. The molecule has 0 spiro atoms. The lowest BCUT2D eigenvalue weighted by molar-refractivity contribution is -0.211. The number of ether oxygens (including phenoxy) is 2. The molecule has 5 rings (SSSR count). The topological polar surface area (TPSA) is 130 Å². The minimum Gasteiger partial charge on any atom is -0.394 e.